The number of aromatic nitrogens is 1. The summed E-state index contributed by atoms with van der Waals surface area (Å²) in [5.41, 5.74) is 9.16. The summed E-state index contributed by atoms with van der Waals surface area (Å²) in [5.74, 6) is 1.16. The van der Waals surface area contributed by atoms with E-state index in [4.69, 9.17) is 0 Å². The summed E-state index contributed by atoms with van der Waals surface area (Å²) in [6, 6.07) is 17.5. The van der Waals surface area contributed by atoms with Gasteiger partial charge in [-0.25, -0.2) is 23.2 Å². The number of hydrogen-bond donors (Lipinski definition) is 4. The van der Waals surface area contributed by atoms with Crippen LogP contribution in [-0.4, -0.2) is 44.1 Å². The maximum Gasteiger partial charge on any atom is 0.355 e. The summed E-state index contributed by atoms with van der Waals surface area (Å²) in [7, 11) is -3.79. The molecule has 1 aromatic heterocycles. The zero-order valence-electron chi connectivity index (χ0n) is 24.1. The molecule has 224 valence electrons. The number of pyridine rings is 1. The van der Waals surface area contributed by atoms with Gasteiger partial charge in [0, 0.05) is 31.2 Å². The first kappa shape index (κ1) is 30.0. The molecular weight excluding hydrogens is 550 g/mol. The molecule has 2 heterocycles. The van der Waals surface area contributed by atoms with Crippen molar-refractivity contribution in [3.05, 3.63) is 84.2 Å². The van der Waals surface area contributed by atoms with Gasteiger partial charge >= 0.3 is 6.03 Å². The van der Waals surface area contributed by atoms with Crippen molar-refractivity contribution in [1.29, 1.82) is 0 Å². The van der Waals surface area contributed by atoms with Crippen molar-refractivity contribution < 1.29 is 13.2 Å². The van der Waals surface area contributed by atoms with E-state index in [9.17, 15) is 13.2 Å². The van der Waals surface area contributed by atoms with Crippen LogP contribution < -0.4 is 26.1 Å². The quantitative estimate of drug-likeness (QED) is 0.196. The second kappa shape index (κ2) is 14.1. The predicted molar refractivity (Wildman–Crippen MR) is 165 cm³/mol. The molecule has 0 spiro atoms. The van der Waals surface area contributed by atoms with Crippen molar-refractivity contribution in [1.82, 2.24) is 26.4 Å². The van der Waals surface area contributed by atoms with Crippen LogP contribution in [0.2, 0.25) is 0 Å². The Bertz CT molecular complexity index is 1400. The van der Waals surface area contributed by atoms with Gasteiger partial charge in [-0.2, -0.15) is 0 Å². The molecule has 0 radical (unpaired) electrons. The molecule has 1 aliphatic heterocycles. The third-order valence-corrected chi connectivity index (χ3v) is 9.49. The molecule has 10 nitrogen and oxygen atoms in total. The number of amides is 2. The molecule has 5 rings (SSSR count). The van der Waals surface area contributed by atoms with Crippen molar-refractivity contribution in [2.75, 3.05) is 29.4 Å². The van der Waals surface area contributed by atoms with E-state index >= 15 is 0 Å². The normalized spacial score (nSPS) is 16.7. The predicted octanol–water partition coefficient (Wildman–Crippen LogP) is 4.95. The number of hydrogen-bond acceptors (Lipinski definition) is 7. The van der Waals surface area contributed by atoms with Crippen molar-refractivity contribution in [3.63, 3.8) is 0 Å². The van der Waals surface area contributed by atoms with Crippen LogP contribution in [0.3, 0.4) is 0 Å². The lowest BCUT2D eigenvalue weighted by atomic mass is 10.0. The van der Waals surface area contributed by atoms with Crippen LogP contribution in [-0.2, 0) is 16.4 Å². The Hall–Kier alpha value is -3.51. The van der Waals surface area contributed by atoms with Crippen LogP contribution in [0.25, 0.3) is 0 Å². The minimum atomic E-state index is -3.79. The Kier molecular flexibility index (Phi) is 10.1. The smallest absolute Gasteiger partial charge is 0.316 e. The van der Waals surface area contributed by atoms with Crippen LogP contribution in [0.1, 0.15) is 62.5 Å². The highest BCUT2D eigenvalue weighted by atomic mass is 32.2. The summed E-state index contributed by atoms with van der Waals surface area (Å²) in [6.45, 7) is 4.48. The molecular formula is C31H41N7O3S. The second-order valence-corrected chi connectivity index (χ2v) is 12.9. The fourth-order valence-electron chi connectivity index (χ4n) is 5.55. The maximum atomic E-state index is 13.0. The van der Waals surface area contributed by atoms with Crippen molar-refractivity contribution in [2.45, 2.75) is 62.7 Å². The number of hydrazine groups is 3. The molecule has 2 aromatic carbocycles. The second-order valence-electron chi connectivity index (χ2n) is 11.2. The van der Waals surface area contributed by atoms with Gasteiger partial charge in [0.05, 0.1) is 10.6 Å². The number of benzene rings is 2. The summed E-state index contributed by atoms with van der Waals surface area (Å²) >= 11 is 0. The monoisotopic (exact) mass is 591 g/mol. The molecule has 2 aliphatic rings. The van der Waals surface area contributed by atoms with Gasteiger partial charge in [-0.15, -0.1) is 11.1 Å². The number of nitrogens with one attached hydrogen (secondary N) is 4. The molecule has 2 amide bonds. The Morgan fingerprint density at radius 2 is 1.79 bits per heavy atom. The van der Waals surface area contributed by atoms with Gasteiger partial charge in [0.15, 0.2) is 0 Å². The Morgan fingerprint density at radius 1 is 1.02 bits per heavy atom. The van der Waals surface area contributed by atoms with Crippen LogP contribution in [0.15, 0.2) is 78.0 Å². The van der Waals surface area contributed by atoms with Gasteiger partial charge in [0.2, 0.25) is 0 Å². The maximum absolute atomic E-state index is 13.0. The lowest BCUT2D eigenvalue weighted by Gasteiger charge is -2.17. The molecule has 1 aliphatic carbocycles. The molecule has 11 heteroatoms. The number of sulfonamides is 1. The number of carbonyl (C=O) groups is 1. The minimum Gasteiger partial charge on any atom is -0.316 e. The van der Waals surface area contributed by atoms with Crippen LogP contribution >= 0.6 is 0 Å². The number of anilines is 2. The number of urea groups is 1. The van der Waals surface area contributed by atoms with Crippen LogP contribution in [0, 0.1) is 5.92 Å². The molecule has 1 atom stereocenters. The highest BCUT2D eigenvalue weighted by molar-refractivity contribution is 7.92. The first-order valence-electron chi connectivity index (χ1n) is 14.8. The van der Waals surface area contributed by atoms with E-state index in [-0.39, 0.29) is 10.9 Å². The van der Waals surface area contributed by atoms with Crippen molar-refractivity contribution in [2.24, 2.45) is 5.92 Å². The van der Waals surface area contributed by atoms with Crippen LogP contribution in [0.4, 0.5) is 16.2 Å². The Labute approximate surface area is 248 Å². The standard InChI is InChI=1S/C31H41N7O3S/c1-24(27-9-4-19-32-23-27)22-33-20-18-26-10-12-28(13-11-26)34-42(40,41)30-16-14-29(15-17-30)38-31(39)37(35-36-38)21-5-8-25-6-2-3-7-25/h4,9-17,19,23-25,33-36H,2-3,5-8,18,20-22H2,1H3/t24-/m0/s1. The highest BCUT2D eigenvalue weighted by Crippen LogP contribution is 2.29. The molecule has 42 heavy (non-hydrogen) atoms. The third kappa shape index (κ3) is 7.86. The zero-order valence-corrected chi connectivity index (χ0v) is 24.9. The van der Waals surface area contributed by atoms with E-state index in [0.29, 0.717) is 23.8 Å². The molecule has 1 saturated carbocycles. The molecule has 3 aromatic rings. The molecule has 0 bridgehead atoms. The number of carbonyl (C=O) groups excluding carboxylic acids is 1. The molecule has 4 N–H and O–H groups in total. The highest BCUT2D eigenvalue weighted by Gasteiger charge is 2.30. The third-order valence-electron chi connectivity index (χ3n) is 8.09. The van der Waals surface area contributed by atoms with E-state index in [1.807, 2.05) is 24.4 Å². The Balaban J connectivity index is 1.07. The van der Waals surface area contributed by atoms with Crippen molar-refractivity contribution in [3.8, 4) is 0 Å². The Morgan fingerprint density at radius 3 is 2.50 bits per heavy atom. The fraction of sp³-hybridized carbons (Fsp3) is 0.419. The van der Waals surface area contributed by atoms with Gasteiger partial charge in [-0.05, 0) is 91.2 Å². The lowest BCUT2D eigenvalue weighted by Crippen LogP contribution is -2.38. The minimum absolute atomic E-state index is 0.121. The van der Waals surface area contributed by atoms with Gasteiger partial charge in [0.25, 0.3) is 10.0 Å². The van der Waals surface area contributed by atoms with E-state index in [0.717, 1.165) is 43.8 Å². The SMILES string of the molecule is C[C@@H](CNCCc1ccc(NS(=O)(=O)c2ccc(N3NNN(CCCC4CCCC4)C3=O)cc2)cc1)c1cccnc1. The first-order valence-corrected chi connectivity index (χ1v) is 16.3. The average Bonchev–Trinajstić information content (AvgIpc) is 3.66. The summed E-state index contributed by atoms with van der Waals surface area (Å²) < 4.78 is 28.7. The molecule has 2 fully saturated rings. The van der Waals surface area contributed by atoms with Gasteiger partial charge in [-0.3, -0.25) is 9.71 Å². The topological polar surface area (TPSA) is 119 Å². The van der Waals surface area contributed by atoms with E-state index in [2.05, 4.69) is 39.1 Å². The summed E-state index contributed by atoms with van der Waals surface area (Å²) in [4.78, 5) is 17.1. The van der Waals surface area contributed by atoms with Gasteiger partial charge in [0.1, 0.15) is 0 Å². The van der Waals surface area contributed by atoms with Crippen LogP contribution in [0.5, 0.6) is 0 Å². The van der Waals surface area contributed by atoms with E-state index in [1.54, 1.807) is 35.5 Å². The van der Waals surface area contributed by atoms with Gasteiger partial charge < -0.3 is 5.32 Å². The summed E-state index contributed by atoms with van der Waals surface area (Å²) in [5, 5.41) is 6.42. The summed E-state index contributed by atoms with van der Waals surface area (Å²) in [6.07, 6.45) is 11.8. The number of rotatable bonds is 14. The number of nitrogens with zero attached hydrogens (tertiary/aromatic N) is 3. The molecule has 0 unspecified atom stereocenters. The lowest BCUT2D eigenvalue weighted by molar-refractivity contribution is 0.195. The average molecular weight is 592 g/mol. The first-order chi connectivity index (χ1) is 20.4. The zero-order chi connectivity index (χ0) is 29.4. The largest absolute Gasteiger partial charge is 0.355 e. The van der Waals surface area contributed by atoms with Crippen molar-refractivity contribution >= 4 is 27.4 Å². The van der Waals surface area contributed by atoms with E-state index < -0.39 is 10.0 Å². The molecule has 1 saturated heterocycles. The fourth-order valence-corrected chi connectivity index (χ4v) is 6.61. The van der Waals surface area contributed by atoms with Gasteiger partial charge in [-0.1, -0.05) is 50.8 Å². The van der Waals surface area contributed by atoms with E-state index in [1.165, 1.54) is 48.4 Å².